The normalized spacial score (nSPS) is 17.0. The van der Waals surface area contributed by atoms with Crippen LogP contribution in [0, 0.1) is 5.41 Å². The van der Waals surface area contributed by atoms with Gasteiger partial charge < -0.3 is 4.90 Å². The second kappa shape index (κ2) is 11.7. The van der Waals surface area contributed by atoms with E-state index in [9.17, 15) is 4.79 Å². The zero-order chi connectivity index (χ0) is 17.8. The SMILES string of the molecule is CCCCCCCCCCCCCC(=O)C1=CN(C)CCC1(C)C. The number of hydrogen-bond acceptors (Lipinski definition) is 2. The largest absolute Gasteiger partial charge is 0.380 e. The molecule has 0 aliphatic carbocycles. The van der Waals surface area contributed by atoms with Gasteiger partial charge in [-0.25, -0.2) is 0 Å². The zero-order valence-electron chi connectivity index (χ0n) is 16.8. The van der Waals surface area contributed by atoms with E-state index < -0.39 is 0 Å². The first-order valence-electron chi connectivity index (χ1n) is 10.4. The van der Waals surface area contributed by atoms with Crippen LogP contribution in [-0.2, 0) is 4.79 Å². The molecule has 0 spiro atoms. The smallest absolute Gasteiger partial charge is 0.160 e. The summed E-state index contributed by atoms with van der Waals surface area (Å²) in [4.78, 5) is 14.7. The number of nitrogens with zero attached hydrogens (tertiary/aromatic N) is 1. The molecular weight excluding hydrogens is 294 g/mol. The Bertz CT molecular complexity index is 383. The number of unbranched alkanes of at least 4 members (excludes halogenated alkanes) is 10. The molecule has 1 aliphatic heterocycles. The van der Waals surface area contributed by atoms with Gasteiger partial charge in [0.1, 0.15) is 0 Å². The number of carbonyl (C=O) groups excluding carboxylic acids is 1. The van der Waals surface area contributed by atoms with E-state index in [1.54, 1.807) is 0 Å². The third-order valence-corrected chi connectivity index (χ3v) is 5.48. The Labute approximate surface area is 151 Å². The average Bonchev–Trinajstić information content (AvgIpc) is 2.54. The first-order chi connectivity index (χ1) is 11.5. The molecular formula is C22H41NO. The Morgan fingerprint density at radius 3 is 2.00 bits per heavy atom. The number of rotatable bonds is 13. The van der Waals surface area contributed by atoms with Crippen LogP contribution in [-0.4, -0.2) is 24.3 Å². The number of hydrogen-bond donors (Lipinski definition) is 0. The van der Waals surface area contributed by atoms with Gasteiger partial charge in [-0.1, -0.05) is 85.0 Å². The fourth-order valence-electron chi connectivity index (χ4n) is 3.58. The summed E-state index contributed by atoms with van der Waals surface area (Å²) in [5.41, 5.74) is 1.10. The fourth-order valence-corrected chi connectivity index (χ4v) is 3.58. The van der Waals surface area contributed by atoms with Crippen molar-refractivity contribution in [3.05, 3.63) is 11.8 Å². The summed E-state index contributed by atoms with van der Waals surface area (Å²) in [7, 11) is 2.07. The maximum absolute atomic E-state index is 12.5. The topological polar surface area (TPSA) is 20.3 Å². The second-order valence-corrected chi connectivity index (χ2v) is 8.37. The Morgan fingerprint density at radius 2 is 1.46 bits per heavy atom. The van der Waals surface area contributed by atoms with Crippen LogP contribution in [0.3, 0.4) is 0 Å². The minimum absolute atomic E-state index is 0.0569. The molecule has 0 N–H and O–H groups in total. The molecule has 140 valence electrons. The van der Waals surface area contributed by atoms with Crippen molar-refractivity contribution < 1.29 is 4.79 Å². The maximum Gasteiger partial charge on any atom is 0.160 e. The zero-order valence-corrected chi connectivity index (χ0v) is 16.8. The second-order valence-electron chi connectivity index (χ2n) is 8.37. The predicted octanol–water partition coefficient (Wildman–Crippen LogP) is 6.50. The van der Waals surface area contributed by atoms with Crippen LogP contribution < -0.4 is 0 Å². The van der Waals surface area contributed by atoms with E-state index in [2.05, 4.69) is 38.9 Å². The summed E-state index contributed by atoms with van der Waals surface area (Å²) in [6, 6.07) is 0. The molecule has 0 saturated carbocycles. The van der Waals surface area contributed by atoms with Gasteiger partial charge in [0.15, 0.2) is 5.78 Å². The third kappa shape index (κ3) is 8.35. The lowest BCUT2D eigenvalue weighted by molar-refractivity contribution is -0.117. The van der Waals surface area contributed by atoms with Crippen molar-refractivity contribution in [2.75, 3.05) is 13.6 Å². The van der Waals surface area contributed by atoms with Crippen LogP contribution in [0.15, 0.2) is 11.8 Å². The summed E-state index contributed by atoms with van der Waals surface area (Å²) in [5.74, 6) is 0.377. The van der Waals surface area contributed by atoms with Crippen LogP contribution in [0.4, 0.5) is 0 Å². The quantitative estimate of drug-likeness (QED) is 0.358. The molecule has 0 aromatic carbocycles. The highest BCUT2D eigenvalue weighted by Crippen LogP contribution is 2.35. The minimum atomic E-state index is 0.0569. The molecule has 0 amide bonds. The standard InChI is InChI=1S/C22H41NO/c1-5-6-7-8-9-10-11-12-13-14-15-16-21(24)20-19-23(4)18-17-22(20,2)3/h19H,5-18H2,1-4H3. The highest BCUT2D eigenvalue weighted by molar-refractivity contribution is 5.96. The lowest BCUT2D eigenvalue weighted by Gasteiger charge is -2.35. The summed E-state index contributed by atoms with van der Waals surface area (Å²) in [5, 5.41) is 0. The summed E-state index contributed by atoms with van der Waals surface area (Å²) >= 11 is 0. The predicted molar refractivity (Wildman–Crippen MR) is 105 cm³/mol. The molecule has 0 aromatic heterocycles. The van der Waals surface area contributed by atoms with Crippen LogP contribution >= 0.6 is 0 Å². The number of ketones is 1. The van der Waals surface area contributed by atoms with Gasteiger partial charge >= 0.3 is 0 Å². The van der Waals surface area contributed by atoms with E-state index in [1.165, 1.54) is 64.2 Å². The van der Waals surface area contributed by atoms with Crippen molar-refractivity contribution in [2.24, 2.45) is 5.41 Å². The number of carbonyl (C=O) groups is 1. The minimum Gasteiger partial charge on any atom is -0.380 e. The molecule has 0 unspecified atom stereocenters. The van der Waals surface area contributed by atoms with Crippen LogP contribution in [0.1, 0.15) is 104 Å². The summed E-state index contributed by atoms with van der Waals surface area (Å²) < 4.78 is 0. The Morgan fingerprint density at radius 1 is 0.958 bits per heavy atom. The molecule has 1 heterocycles. The van der Waals surface area contributed by atoms with Crippen molar-refractivity contribution in [1.82, 2.24) is 4.90 Å². The molecule has 24 heavy (non-hydrogen) atoms. The van der Waals surface area contributed by atoms with Crippen LogP contribution in [0.2, 0.25) is 0 Å². The molecule has 2 heteroatoms. The van der Waals surface area contributed by atoms with Gasteiger partial charge in [-0.3, -0.25) is 4.79 Å². The molecule has 0 fully saturated rings. The van der Waals surface area contributed by atoms with Crippen LogP contribution in [0.25, 0.3) is 0 Å². The van der Waals surface area contributed by atoms with Crippen molar-refractivity contribution in [2.45, 2.75) is 104 Å². The van der Waals surface area contributed by atoms with Gasteiger partial charge in [0.2, 0.25) is 0 Å². The van der Waals surface area contributed by atoms with Crippen molar-refractivity contribution in [3.8, 4) is 0 Å². The molecule has 0 radical (unpaired) electrons. The van der Waals surface area contributed by atoms with E-state index in [-0.39, 0.29) is 5.41 Å². The number of Topliss-reactive ketones (excluding diaryl/α,β-unsaturated/α-hetero) is 1. The lowest BCUT2D eigenvalue weighted by Crippen LogP contribution is -2.33. The van der Waals surface area contributed by atoms with Gasteiger partial charge in [-0.15, -0.1) is 0 Å². The molecule has 0 atom stereocenters. The summed E-state index contributed by atoms with van der Waals surface area (Å²) in [6.07, 6.45) is 18.6. The van der Waals surface area contributed by atoms with Crippen molar-refractivity contribution in [1.29, 1.82) is 0 Å². The molecule has 0 bridgehead atoms. The van der Waals surface area contributed by atoms with Crippen molar-refractivity contribution >= 4 is 5.78 Å². The monoisotopic (exact) mass is 335 g/mol. The van der Waals surface area contributed by atoms with Gasteiger partial charge in [0.25, 0.3) is 0 Å². The Kier molecular flexibility index (Phi) is 10.4. The Balaban J connectivity index is 2.06. The van der Waals surface area contributed by atoms with Gasteiger partial charge in [-0.2, -0.15) is 0 Å². The van der Waals surface area contributed by atoms with Crippen molar-refractivity contribution in [3.63, 3.8) is 0 Å². The van der Waals surface area contributed by atoms with E-state index in [0.717, 1.165) is 31.4 Å². The van der Waals surface area contributed by atoms with E-state index in [1.807, 2.05) is 0 Å². The summed E-state index contributed by atoms with van der Waals surface area (Å²) in [6.45, 7) is 7.76. The third-order valence-electron chi connectivity index (χ3n) is 5.48. The highest BCUT2D eigenvalue weighted by Gasteiger charge is 2.31. The fraction of sp³-hybridized carbons (Fsp3) is 0.864. The van der Waals surface area contributed by atoms with Crippen LogP contribution in [0.5, 0.6) is 0 Å². The Hall–Kier alpha value is -0.790. The lowest BCUT2D eigenvalue weighted by atomic mass is 9.76. The molecule has 0 aromatic rings. The highest BCUT2D eigenvalue weighted by atomic mass is 16.1. The molecule has 0 saturated heterocycles. The van der Waals surface area contributed by atoms with Gasteiger partial charge in [-0.05, 0) is 18.3 Å². The van der Waals surface area contributed by atoms with E-state index in [4.69, 9.17) is 0 Å². The van der Waals surface area contributed by atoms with E-state index >= 15 is 0 Å². The molecule has 1 aliphatic rings. The number of allylic oxidation sites excluding steroid dienone is 1. The first kappa shape index (κ1) is 21.3. The van der Waals surface area contributed by atoms with Gasteiger partial charge in [0.05, 0.1) is 0 Å². The molecule has 2 nitrogen and oxygen atoms in total. The molecule has 1 rings (SSSR count). The van der Waals surface area contributed by atoms with E-state index in [0.29, 0.717) is 5.78 Å². The van der Waals surface area contributed by atoms with Gasteiger partial charge in [0, 0.05) is 31.8 Å². The average molecular weight is 336 g/mol. The first-order valence-corrected chi connectivity index (χ1v) is 10.4. The maximum atomic E-state index is 12.5.